The number of nitrogens with zero attached hydrogens (tertiary/aromatic N) is 4. The molecule has 0 saturated heterocycles. The van der Waals surface area contributed by atoms with Crippen LogP contribution in [-0.2, 0) is 26.1 Å². The molecule has 0 bridgehead atoms. The summed E-state index contributed by atoms with van der Waals surface area (Å²) in [6, 6.07) is 0.936. The van der Waals surface area contributed by atoms with Gasteiger partial charge < -0.3 is 19.9 Å². The number of amides is 2. The van der Waals surface area contributed by atoms with Crippen LogP contribution in [0.3, 0.4) is 0 Å². The molecular weight excluding hydrogens is 491 g/mol. The molecule has 4 rings (SSSR count). The van der Waals surface area contributed by atoms with Crippen molar-refractivity contribution >= 4 is 17.5 Å². The van der Waals surface area contributed by atoms with E-state index in [4.69, 9.17) is 0 Å². The van der Waals surface area contributed by atoms with Crippen LogP contribution in [0.5, 0.6) is 5.75 Å². The van der Waals surface area contributed by atoms with Crippen molar-refractivity contribution in [1.82, 2.24) is 19.7 Å². The van der Waals surface area contributed by atoms with Crippen molar-refractivity contribution in [3.05, 3.63) is 74.7 Å². The van der Waals surface area contributed by atoms with E-state index in [0.717, 1.165) is 6.20 Å². The number of pyridine rings is 1. The molecule has 12 heteroatoms. The minimum Gasteiger partial charge on any atom is -0.503 e. The van der Waals surface area contributed by atoms with Crippen molar-refractivity contribution in [2.75, 3.05) is 11.4 Å². The van der Waals surface area contributed by atoms with Crippen molar-refractivity contribution in [2.45, 2.75) is 53.8 Å². The number of fused-ring (bicyclic) bond motifs is 1. The molecule has 1 aromatic carbocycles. The summed E-state index contributed by atoms with van der Waals surface area (Å²) < 4.78 is 43.7. The zero-order valence-corrected chi connectivity index (χ0v) is 20.9. The highest BCUT2D eigenvalue weighted by Crippen LogP contribution is 2.28. The summed E-state index contributed by atoms with van der Waals surface area (Å²) in [6.45, 7) is 8.10. The van der Waals surface area contributed by atoms with Gasteiger partial charge in [0, 0.05) is 56.3 Å². The van der Waals surface area contributed by atoms with E-state index >= 15 is 0 Å². The first kappa shape index (κ1) is 27.5. The Balaban J connectivity index is 0.00000186. The monoisotopic (exact) mass is 519 g/mol. The smallest absolute Gasteiger partial charge is 0.279 e. The van der Waals surface area contributed by atoms with Crippen LogP contribution in [0.15, 0.2) is 29.3 Å². The van der Waals surface area contributed by atoms with Gasteiger partial charge in [-0.15, -0.1) is 0 Å². The first-order valence-electron chi connectivity index (χ1n) is 11.9. The average Bonchev–Trinajstić information content (AvgIpc) is 3.30. The lowest BCUT2D eigenvalue weighted by Gasteiger charge is -2.30. The molecule has 0 atom stereocenters. The Labute approximate surface area is 211 Å². The van der Waals surface area contributed by atoms with E-state index in [-0.39, 0.29) is 18.8 Å². The summed E-state index contributed by atoms with van der Waals surface area (Å²) in [5, 5.41) is 17.2. The standard InChI is InChI=1S/C23H22F3N5O4.C2H6/c1-3-17-18(11-30(4-2)28-17)31-6-5-29-10-14(20(32)21(33)19(29)23(31)35)22(34)27-9-13-15(25)7-12(24)8-16(13)26;1-2/h7-8,10-11,33H,3-6,9H2,1-2H3,(H,27,34);1-2H3. The highest BCUT2D eigenvalue weighted by atomic mass is 19.1. The summed E-state index contributed by atoms with van der Waals surface area (Å²) in [4.78, 5) is 39.9. The molecule has 0 unspecified atom stereocenters. The SMILES string of the molecule is CC.CCc1nn(CC)cc1N1CCn2cc(C(=O)NCc3c(F)cc(F)cc3F)c(=O)c(O)c2C1=O. The highest BCUT2D eigenvalue weighted by Gasteiger charge is 2.33. The molecule has 3 aromatic rings. The minimum atomic E-state index is -1.20. The average molecular weight is 520 g/mol. The van der Waals surface area contributed by atoms with Gasteiger partial charge in [-0.3, -0.25) is 19.1 Å². The van der Waals surface area contributed by atoms with E-state index in [2.05, 4.69) is 10.4 Å². The molecule has 1 aliphatic rings. The highest BCUT2D eigenvalue weighted by molar-refractivity contribution is 6.08. The fourth-order valence-corrected chi connectivity index (χ4v) is 3.97. The van der Waals surface area contributed by atoms with Crippen LogP contribution in [0.1, 0.15) is 59.8 Å². The third-order valence-corrected chi connectivity index (χ3v) is 5.81. The second-order valence-corrected chi connectivity index (χ2v) is 7.92. The molecular formula is C25H28F3N5O4. The molecule has 0 radical (unpaired) electrons. The van der Waals surface area contributed by atoms with Crippen LogP contribution in [-0.4, -0.2) is 37.8 Å². The number of benzene rings is 1. The maximum Gasteiger partial charge on any atom is 0.279 e. The largest absolute Gasteiger partial charge is 0.503 e. The van der Waals surface area contributed by atoms with Gasteiger partial charge in [-0.25, -0.2) is 13.2 Å². The van der Waals surface area contributed by atoms with Gasteiger partial charge in [-0.2, -0.15) is 5.10 Å². The van der Waals surface area contributed by atoms with Gasteiger partial charge in [0.1, 0.15) is 23.0 Å². The number of aromatic hydroxyl groups is 1. The predicted octanol–water partition coefficient (Wildman–Crippen LogP) is 3.37. The Kier molecular flexibility index (Phi) is 8.41. The van der Waals surface area contributed by atoms with Crippen LogP contribution in [0.25, 0.3) is 0 Å². The van der Waals surface area contributed by atoms with Crippen molar-refractivity contribution in [1.29, 1.82) is 0 Å². The topological polar surface area (TPSA) is 109 Å². The normalized spacial score (nSPS) is 12.6. The van der Waals surface area contributed by atoms with Gasteiger partial charge in [0.05, 0.1) is 11.4 Å². The zero-order valence-electron chi connectivity index (χ0n) is 20.9. The van der Waals surface area contributed by atoms with Gasteiger partial charge in [0.2, 0.25) is 5.43 Å². The molecule has 198 valence electrons. The maximum atomic E-state index is 13.8. The number of anilines is 1. The first-order valence-corrected chi connectivity index (χ1v) is 11.9. The van der Waals surface area contributed by atoms with E-state index < -0.39 is 58.1 Å². The second kappa shape index (κ2) is 11.3. The van der Waals surface area contributed by atoms with E-state index in [1.807, 2.05) is 27.7 Å². The number of rotatable bonds is 6. The number of hydrogen-bond donors (Lipinski definition) is 2. The van der Waals surface area contributed by atoms with Gasteiger partial charge >= 0.3 is 0 Å². The molecule has 2 aromatic heterocycles. The number of carbonyl (C=O) groups is 2. The molecule has 1 aliphatic heterocycles. The summed E-state index contributed by atoms with van der Waals surface area (Å²) in [7, 11) is 0. The Morgan fingerprint density at radius 3 is 2.32 bits per heavy atom. The molecule has 0 fully saturated rings. The van der Waals surface area contributed by atoms with E-state index in [9.17, 15) is 32.7 Å². The molecule has 2 N–H and O–H groups in total. The molecule has 37 heavy (non-hydrogen) atoms. The molecule has 9 nitrogen and oxygen atoms in total. The predicted molar refractivity (Wildman–Crippen MR) is 130 cm³/mol. The lowest BCUT2D eigenvalue weighted by Crippen LogP contribution is -2.43. The zero-order chi connectivity index (χ0) is 27.4. The van der Waals surface area contributed by atoms with Crippen LogP contribution >= 0.6 is 0 Å². The summed E-state index contributed by atoms with van der Waals surface area (Å²) in [6.07, 6.45) is 3.41. The fraction of sp³-hybridized carbons (Fsp3) is 0.360. The fourth-order valence-electron chi connectivity index (χ4n) is 3.97. The summed E-state index contributed by atoms with van der Waals surface area (Å²) >= 11 is 0. The van der Waals surface area contributed by atoms with Crippen LogP contribution < -0.4 is 15.6 Å². The van der Waals surface area contributed by atoms with Crippen molar-refractivity contribution in [2.24, 2.45) is 0 Å². The molecule has 0 aliphatic carbocycles. The first-order chi connectivity index (χ1) is 17.7. The number of aryl methyl sites for hydroxylation is 2. The van der Waals surface area contributed by atoms with E-state index in [1.54, 1.807) is 10.9 Å². The van der Waals surface area contributed by atoms with Gasteiger partial charge in [-0.05, 0) is 13.3 Å². The molecule has 0 spiro atoms. The van der Waals surface area contributed by atoms with Gasteiger partial charge in [0.15, 0.2) is 11.4 Å². The lowest BCUT2D eigenvalue weighted by molar-refractivity contribution is 0.0934. The Bertz CT molecular complexity index is 1380. The number of hydrogen-bond acceptors (Lipinski definition) is 5. The third kappa shape index (κ3) is 5.23. The van der Waals surface area contributed by atoms with Crippen molar-refractivity contribution in [3.63, 3.8) is 0 Å². The Hall–Kier alpha value is -4.09. The van der Waals surface area contributed by atoms with Crippen molar-refractivity contribution < 1.29 is 27.9 Å². The van der Waals surface area contributed by atoms with Crippen LogP contribution in [0, 0.1) is 17.5 Å². The number of aromatic nitrogens is 3. The molecule has 0 saturated carbocycles. The maximum absolute atomic E-state index is 13.8. The van der Waals surface area contributed by atoms with Crippen LogP contribution in [0.2, 0.25) is 0 Å². The van der Waals surface area contributed by atoms with Crippen LogP contribution in [0.4, 0.5) is 18.9 Å². The summed E-state index contributed by atoms with van der Waals surface area (Å²) in [5.41, 5.74) is -1.23. The van der Waals surface area contributed by atoms with Crippen molar-refractivity contribution in [3.8, 4) is 5.75 Å². The molecule has 3 heterocycles. The number of nitrogens with one attached hydrogen (secondary N) is 1. The summed E-state index contributed by atoms with van der Waals surface area (Å²) in [5.74, 6) is -6.06. The molecule has 2 amide bonds. The second-order valence-electron chi connectivity index (χ2n) is 7.92. The van der Waals surface area contributed by atoms with E-state index in [0.29, 0.717) is 36.5 Å². The number of halogens is 3. The Morgan fingerprint density at radius 2 is 1.73 bits per heavy atom. The Morgan fingerprint density at radius 1 is 1.08 bits per heavy atom. The lowest BCUT2D eigenvalue weighted by atomic mass is 10.1. The van der Waals surface area contributed by atoms with Gasteiger partial charge in [-0.1, -0.05) is 20.8 Å². The third-order valence-electron chi connectivity index (χ3n) is 5.81. The quantitative estimate of drug-likeness (QED) is 0.519. The van der Waals surface area contributed by atoms with E-state index in [1.165, 1.54) is 9.47 Å². The van der Waals surface area contributed by atoms with Gasteiger partial charge in [0.25, 0.3) is 11.8 Å². The number of carbonyl (C=O) groups excluding carboxylic acids is 2. The minimum absolute atomic E-state index is 0.164.